The van der Waals surface area contributed by atoms with Crippen LogP contribution < -0.4 is 0 Å². The van der Waals surface area contributed by atoms with Gasteiger partial charge in [0.25, 0.3) is 15.8 Å². The van der Waals surface area contributed by atoms with Gasteiger partial charge in [-0.3, -0.25) is 14.3 Å². The number of amides is 1. The van der Waals surface area contributed by atoms with E-state index in [2.05, 4.69) is 0 Å². The average molecular weight is 358 g/mol. The summed E-state index contributed by atoms with van der Waals surface area (Å²) in [5.41, 5.74) is 0.613. The molecular weight excluding hydrogens is 340 g/mol. The quantitative estimate of drug-likeness (QED) is 0.446. The van der Waals surface area contributed by atoms with Crippen LogP contribution in [-0.4, -0.2) is 49.8 Å². The molecule has 1 heterocycles. The molecule has 2 rings (SSSR count). The van der Waals surface area contributed by atoms with Gasteiger partial charge in [0.1, 0.15) is 6.61 Å². The highest BCUT2D eigenvalue weighted by molar-refractivity contribution is 7.86. The van der Waals surface area contributed by atoms with E-state index in [-0.39, 0.29) is 12.3 Å². The Hall–Kier alpha value is -2.20. The van der Waals surface area contributed by atoms with Crippen molar-refractivity contribution in [2.24, 2.45) is 0 Å². The number of nitrogens with zero attached hydrogens (tertiary/aromatic N) is 2. The summed E-state index contributed by atoms with van der Waals surface area (Å²) < 4.78 is 32.2. The van der Waals surface area contributed by atoms with Crippen LogP contribution in [0.2, 0.25) is 0 Å². The predicted molar refractivity (Wildman–Crippen MR) is 83.8 cm³/mol. The second-order valence-corrected chi connectivity index (χ2v) is 7.07. The molecule has 0 N–H and O–H groups in total. The van der Waals surface area contributed by atoms with Crippen LogP contribution in [0.4, 0.5) is 10.5 Å². The number of rotatable bonds is 5. The largest absolute Gasteiger partial charge is 0.445 e. The molecule has 1 fully saturated rings. The van der Waals surface area contributed by atoms with E-state index in [4.69, 9.17) is 8.92 Å². The number of nitro benzene ring substituents is 1. The van der Waals surface area contributed by atoms with Gasteiger partial charge in [-0.25, -0.2) is 4.79 Å². The van der Waals surface area contributed by atoms with Crippen LogP contribution in [0.15, 0.2) is 24.3 Å². The zero-order valence-corrected chi connectivity index (χ0v) is 13.9. The SMILES string of the molecule is CS(=O)(=O)OC1CCN(C(=O)OCc2ccc([N+](=O)[O-])cc2)CC1. The Morgan fingerprint density at radius 1 is 1.29 bits per heavy atom. The third-order valence-corrected chi connectivity index (χ3v) is 4.14. The first-order valence-corrected chi connectivity index (χ1v) is 9.09. The number of nitro groups is 1. The molecule has 1 aliphatic rings. The van der Waals surface area contributed by atoms with Gasteiger partial charge in [0.2, 0.25) is 0 Å². The fraction of sp³-hybridized carbons (Fsp3) is 0.500. The fourth-order valence-electron chi connectivity index (χ4n) is 2.33. The number of carbonyl (C=O) groups is 1. The van der Waals surface area contributed by atoms with Crippen LogP contribution in [-0.2, 0) is 25.6 Å². The highest BCUT2D eigenvalue weighted by atomic mass is 32.2. The number of non-ortho nitro benzene ring substituents is 1. The average Bonchev–Trinajstić information content (AvgIpc) is 2.52. The first-order valence-electron chi connectivity index (χ1n) is 7.28. The lowest BCUT2D eigenvalue weighted by Crippen LogP contribution is -2.41. The Morgan fingerprint density at radius 2 is 1.88 bits per heavy atom. The van der Waals surface area contributed by atoms with Crippen molar-refractivity contribution in [3.8, 4) is 0 Å². The van der Waals surface area contributed by atoms with E-state index >= 15 is 0 Å². The molecular formula is C14H18N2O7S. The number of carbonyl (C=O) groups excluding carboxylic acids is 1. The molecule has 0 spiro atoms. The third kappa shape index (κ3) is 5.46. The van der Waals surface area contributed by atoms with Crippen molar-refractivity contribution < 1.29 is 27.1 Å². The Morgan fingerprint density at radius 3 is 2.38 bits per heavy atom. The highest BCUT2D eigenvalue weighted by Gasteiger charge is 2.26. The predicted octanol–water partition coefficient (Wildman–Crippen LogP) is 1.67. The smallest absolute Gasteiger partial charge is 0.410 e. The van der Waals surface area contributed by atoms with Crippen LogP contribution in [0, 0.1) is 10.1 Å². The van der Waals surface area contributed by atoms with Gasteiger partial charge in [-0.1, -0.05) is 0 Å². The van der Waals surface area contributed by atoms with Crippen LogP contribution in [0.25, 0.3) is 0 Å². The molecule has 10 heteroatoms. The summed E-state index contributed by atoms with van der Waals surface area (Å²) in [5.74, 6) is 0. The second kappa shape index (κ2) is 7.58. The van der Waals surface area contributed by atoms with Crippen molar-refractivity contribution in [2.75, 3.05) is 19.3 Å². The van der Waals surface area contributed by atoms with E-state index in [1.165, 1.54) is 29.2 Å². The molecule has 0 bridgehead atoms. The summed E-state index contributed by atoms with van der Waals surface area (Å²) in [5, 5.41) is 10.6. The molecule has 1 amide bonds. The van der Waals surface area contributed by atoms with E-state index in [1.807, 2.05) is 0 Å². The van der Waals surface area contributed by atoms with Gasteiger partial charge in [-0.15, -0.1) is 0 Å². The van der Waals surface area contributed by atoms with Gasteiger partial charge in [0.05, 0.1) is 17.3 Å². The van der Waals surface area contributed by atoms with Crippen molar-refractivity contribution in [3.05, 3.63) is 39.9 Å². The number of benzene rings is 1. The zero-order valence-electron chi connectivity index (χ0n) is 13.1. The molecule has 1 aromatic carbocycles. The van der Waals surface area contributed by atoms with Crippen molar-refractivity contribution in [2.45, 2.75) is 25.6 Å². The van der Waals surface area contributed by atoms with Crippen molar-refractivity contribution in [1.29, 1.82) is 0 Å². The fourth-order valence-corrected chi connectivity index (χ4v) is 3.02. The van der Waals surface area contributed by atoms with E-state index < -0.39 is 27.2 Å². The van der Waals surface area contributed by atoms with E-state index in [1.54, 1.807) is 0 Å². The maximum Gasteiger partial charge on any atom is 0.410 e. The van der Waals surface area contributed by atoms with Gasteiger partial charge in [-0.05, 0) is 30.5 Å². The first kappa shape index (κ1) is 18.1. The molecule has 1 aliphatic heterocycles. The van der Waals surface area contributed by atoms with Gasteiger partial charge in [0, 0.05) is 25.2 Å². The number of hydrogen-bond acceptors (Lipinski definition) is 7. The standard InChI is InChI=1S/C14H18N2O7S/c1-24(20,21)23-13-6-8-15(9-7-13)14(17)22-10-11-2-4-12(5-3-11)16(18)19/h2-5,13H,6-10H2,1H3. The van der Waals surface area contributed by atoms with Crippen molar-refractivity contribution in [1.82, 2.24) is 4.90 Å². The molecule has 0 aliphatic carbocycles. The van der Waals surface area contributed by atoms with Gasteiger partial charge in [0.15, 0.2) is 0 Å². The number of ether oxygens (including phenoxy) is 1. The lowest BCUT2D eigenvalue weighted by molar-refractivity contribution is -0.384. The number of piperidine rings is 1. The zero-order chi connectivity index (χ0) is 17.7. The minimum Gasteiger partial charge on any atom is -0.445 e. The Bertz CT molecular complexity index is 694. The minimum absolute atomic E-state index is 0.0105. The van der Waals surface area contributed by atoms with E-state index in [0.29, 0.717) is 31.5 Å². The summed E-state index contributed by atoms with van der Waals surface area (Å²) in [6.45, 7) is 0.704. The van der Waals surface area contributed by atoms with Gasteiger partial charge < -0.3 is 9.64 Å². The first-order chi connectivity index (χ1) is 11.2. The summed E-state index contributed by atoms with van der Waals surface area (Å²) in [6.07, 6.45) is 0.905. The number of likely N-dealkylation sites (tertiary alicyclic amines) is 1. The lowest BCUT2D eigenvalue weighted by atomic mass is 10.1. The van der Waals surface area contributed by atoms with Crippen LogP contribution >= 0.6 is 0 Å². The lowest BCUT2D eigenvalue weighted by Gasteiger charge is -2.30. The molecule has 0 aromatic heterocycles. The molecule has 0 saturated carbocycles. The summed E-state index contributed by atoms with van der Waals surface area (Å²) >= 11 is 0. The third-order valence-electron chi connectivity index (χ3n) is 3.52. The van der Waals surface area contributed by atoms with Gasteiger partial charge >= 0.3 is 6.09 Å². The number of hydrogen-bond donors (Lipinski definition) is 0. The Labute approximate surface area is 139 Å². The molecule has 1 saturated heterocycles. The van der Waals surface area contributed by atoms with Crippen molar-refractivity contribution in [3.63, 3.8) is 0 Å². The summed E-state index contributed by atoms with van der Waals surface area (Å²) in [7, 11) is -3.50. The van der Waals surface area contributed by atoms with E-state index in [9.17, 15) is 23.3 Å². The Balaban J connectivity index is 1.78. The van der Waals surface area contributed by atoms with Crippen LogP contribution in [0.1, 0.15) is 18.4 Å². The van der Waals surface area contributed by atoms with Crippen molar-refractivity contribution >= 4 is 21.9 Å². The van der Waals surface area contributed by atoms with Crippen LogP contribution in [0.5, 0.6) is 0 Å². The van der Waals surface area contributed by atoms with Crippen LogP contribution in [0.3, 0.4) is 0 Å². The maximum absolute atomic E-state index is 12.0. The van der Waals surface area contributed by atoms with Gasteiger partial charge in [-0.2, -0.15) is 8.42 Å². The Kier molecular flexibility index (Phi) is 5.73. The monoisotopic (exact) mass is 358 g/mol. The molecule has 1 aromatic rings. The molecule has 0 atom stereocenters. The minimum atomic E-state index is -3.50. The molecule has 132 valence electrons. The molecule has 0 unspecified atom stereocenters. The van der Waals surface area contributed by atoms with E-state index in [0.717, 1.165) is 6.26 Å². The molecule has 24 heavy (non-hydrogen) atoms. The normalized spacial score (nSPS) is 16.0. The summed E-state index contributed by atoms with van der Waals surface area (Å²) in [6, 6.07) is 5.74. The molecule has 0 radical (unpaired) electrons. The summed E-state index contributed by atoms with van der Waals surface area (Å²) in [4.78, 5) is 23.5. The second-order valence-electron chi connectivity index (χ2n) is 5.46. The highest BCUT2D eigenvalue weighted by Crippen LogP contribution is 2.17. The topological polar surface area (TPSA) is 116 Å². The maximum atomic E-state index is 12.0. The molecule has 9 nitrogen and oxygen atoms in total.